The number of ether oxygens (including phenoxy) is 2. The van der Waals surface area contributed by atoms with Crippen molar-refractivity contribution in [3.8, 4) is 17.2 Å². The van der Waals surface area contributed by atoms with Gasteiger partial charge in [0.1, 0.15) is 0 Å². The van der Waals surface area contributed by atoms with E-state index in [0.29, 0.717) is 48.9 Å². The largest absolute Gasteiger partial charge is 0.454 e. The van der Waals surface area contributed by atoms with Crippen LogP contribution in [0.1, 0.15) is 24.0 Å². The molecule has 0 saturated carbocycles. The Morgan fingerprint density at radius 3 is 2.57 bits per heavy atom. The fraction of sp³-hybridized carbons (Fsp3) is 0.346. The third-order valence-electron chi connectivity index (χ3n) is 6.27. The summed E-state index contributed by atoms with van der Waals surface area (Å²) in [4.78, 5) is 31.9. The van der Waals surface area contributed by atoms with E-state index in [1.54, 1.807) is 18.3 Å². The summed E-state index contributed by atoms with van der Waals surface area (Å²) >= 11 is 1.44. The first-order valence-corrected chi connectivity index (χ1v) is 12.7. The van der Waals surface area contributed by atoms with Crippen molar-refractivity contribution in [2.75, 3.05) is 31.0 Å². The molecule has 0 spiro atoms. The predicted octanol–water partition coefficient (Wildman–Crippen LogP) is 4.19. The average Bonchev–Trinajstić information content (AvgIpc) is 3.51. The lowest BCUT2D eigenvalue weighted by Gasteiger charge is -2.31. The van der Waals surface area contributed by atoms with Crippen LogP contribution < -0.4 is 14.8 Å². The SMILES string of the molecule is Cc1cc(C)cc(-n2ccnc2SCC(=O)N2CCC(C(=O)Nc3ccc4c(c3)OCO4)CC2)c1. The number of carbonyl (C=O) groups is 2. The third-order valence-corrected chi connectivity index (χ3v) is 7.23. The van der Waals surface area contributed by atoms with Gasteiger partial charge in [0.15, 0.2) is 16.7 Å². The van der Waals surface area contributed by atoms with Gasteiger partial charge < -0.3 is 19.7 Å². The molecule has 0 unspecified atom stereocenters. The summed E-state index contributed by atoms with van der Waals surface area (Å²) in [6.07, 6.45) is 4.97. The fourth-order valence-corrected chi connectivity index (χ4v) is 5.39. The Bertz CT molecular complexity index is 1230. The lowest BCUT2D eigenvalue weighted by Crippen LogP contribution is -2.42. The van der Waals surface area contributed by atoms with Crippen LogP contribution in [0.5, 0.6) is 11.5 Å². The number of imidazole rings is 1. The highest BCUT2D eigenvalue weighted by Crippen LogP contribution is 2.34. The van der Waals surface area contributed by atoms with Gasteiger partial charge in [-0.25, -0.2) is 4.98 Å². The van der Waals surface area contributed by atoms with Gasteiger partial charge in [-0.2, -0.15) is 0 Å². The summed E-state index contributed by atoms with van der Waals surface area (Å²) in [6, 6.07) is 11.7. The summed E-state index contributed by atoms with van der Waals surface area (Å²) in [5.41, 5.74) is 4.11. The Morgan fingerprint density at radius 2 is 1.80 bits per heavy atom. The molecule has 2 aromatic carbocycles. The van der Waals surface area contributed by atoms with Gasteiger partial charge in [0, 0.05) is 48.8 Å². The van der Waals surface area contributed by atoms with E-state index >= 15 is 0 Å². The second-order valence-electron chi connectivity index (χ2n) is 8.93. The van der Waals surface area contributed by atoms with Crippen LogP contribution in [-0.2, 0) is 9.59 Å². The Hall–Kier alpha value is -3.46. The minimum atomic E-state index is -0.124. The molecule has 3 heterocycles. The molecule has 8 nitrogen and oxygen atoms in total. The maximum Gasteiger partial charge on any atom is 0.233 e. The molecule has 182 valence electrons. The van der Waals surface area contributed by atoms with E-state index in [0.717, 1.165) is 10.8 Å². The molecule has 1 aromatic heterocycles. The minimum Gasteiger partial charge on any atom is -0.454 e. The third kappa shape index (κ3) is 5.30. The molecule has 2 aliphatic heterocycles. The molecular weight excluding hydrogens is 464 g/mol. The van der Waals surface area contributed by atoms with Gasteiger partial charge in [0.05, 0.1) is 5.75 Å². The van der Waals surface area contributed by atoms with E-state index in [4.69, 9.17) is 9.47 Å². The summed E-state index contributed by atoms with van der Waals surface area (Å²) in [5.74, 6) is 1.56. The van der Waals surface area contributed by atoms with Crippen LogP contribution in [0.15, 0.2) is 53.9 Å². The zero-order valence-electron chi connectivity index (χ0n) is 19.8. The molecule has 3 aromatic rings. The number of fused-ring (bicyclic) bond motifs is 1. The van der Waals surface area contributed by atoms with Gasteiger partial charge >= 0.3 is 0 Å². The van der Waals surface area contributed by atoms with Gasteiger partial charge in [-0.1, -0.05) is 17.8 Å². The molecular formula is C26H28N4O4S. The number of thioether (sulfide) groups is 1. The maximum atomic E-state index is 12.9. The van der Waals surface area contributed by atoms with E-state index in [2.05, 4.69) is 42.3 Å². The van der Waals surface area contributed by atoms with Crippen molar-refractivity contribution in [2.24, 2.45) is 5.92 Å². The first-order chi connectivity index (χ1) is 17.0. The summed E-state index contributed by atoms with van der Waals surface area (Å²) in [7, 11) is 0. The van der Waals surface area contributed by atoms with E-state index in [-0.39, 0.29) is 24.5 Å². The smallest absolute Gasteiger partial charge is 0.233 e. The van der Waals surface area contributed by atoms with E-state index in [1.165, 1.54) is 22.9 Å². The zero-order valence-corrected chi connectivity index (χ0v) is 20.6. The summed E-state index contributed by atoms with van der Waals surface area (Å²) in [6.45, 7) is 5.49. The Kier molecular flexibility index (Phi) is 6.68. The maximum absolute atomic E-state index is 12.9. The first kappa shape index (κ1) is 23.3. The highest BCUT2D eigenvalue weighted by Gasteiger charge is 2.28. The number of likely N-dealkylation sites (tertiary alicyclic amines) is 1. The van der Waals surface area contributed by atoms with Crippen molar-refractivity contribution < 1.29 is 19.1 Å². The van der Waals surface area contributed by atoms with Crippen LogP contribution >= 0.6 is 11.8 Å². The molecule has 2 amide bonds. The van der Waals surface area contributed by atoms with E-state index in [9.17, 15) is 9.59 Å². The molecule has 1 saturated heterocycles. The number of amides is 2. The average molecular weight is 493 g/mol. The predicted molar refractivity (Wildman–Crippen MR) is 134 cm³/mol. The second-order valence-corrected chi connectivity index (χ2v) is 9.87. The molecule has 9 heteroatoms. The van der Waals surface area contributed by atoms with Crippen molar-refractivity contribution >= 4 is 29.3 Å². The monoisotopic (exact) mass is 492 g/mol. The van der Waals surface area contributed by atoms with Gasteiger partial charge in [-0.15, -0.1) is 0 Å². The first-order valence-electron chi connectivity index (χ1n) is 11.7. The number of hydrogen-bond donors (Lipinski definition) is 1. The van der Waals surface area contributed by atoms with Crippen LogP contribution in [0.4, 0.5) is 5.69 Å². The van der Waals surface area contributed by atoms with Crippen molar-refractivity contribution in [3.63, 3.8) is 0 Å². The highest BCUT2D eigenvalue weighted by atomic mass is 32.2. The lowest BCUT2D eigenvalue weighted by molar-refractivity contribution is -0.132. The number of aryl methyl sites for hydroxylation is 2. The zero-order chi connectivity index (χ0) is 24.4. The van der Waals surface area contributed by atoms with E-state index in [1.807, 2.05) is 21.7 Å². The molecule has 35 heavy (non-hydrogen) atoms. The quantitative estimate of drug-likeness (QED) is 0.520. The number of hydrogen-bond acceptors (Lipinski definition) is 6. The number of piperidine rings is 1. The number of nitrogens with zero attached hydrogens (tertiary/aromatic N) is 3. The van der Waals surface area contributed by atoms with Crippen LogP contribution in [0.2, 0.25) is 0 Å². The van der Waals surface area contributed by atoms with Gasteiger partial charge in [-0.05, 0) is 62.1 Å². The molecule has 0 bridgehead atoms. The Morgan fingerprint density at radius 1 is 1.06 bits per heavy atom. The fourth-order valence-electron chi connectivity index (χ4n) is 4.51. The number of anilines is 1. The number of nitrogens with one attached hydrogen (secondary N) is 1. The van der Waals surface area contributed by atoms with Gasteiger partial charge in [-0.3, -0.25) is 14.2 Å². The minimum absolute atomic E-state index is 0.0270. The van der Waals surface area contributed by atoms with Crippen molar-refractivity contribution in [1.29, 1.82) is 0 Å². The van der Waals surface area contributed by atoms with Crippen molar-refractivity contribution in [3.05, 3.63) is 59.9 Å². The highest BCUT2D eigenvalue weighted by molar-refractivity contribution is 7.99. The van der Waals surface area contributed by atoms with Crippen LogP contribution in [0.25, 0.3) is 5.69 Å². The molecule has 0 atom stereocenters. The molecule has 0 aliphatic carbocycles. The van der Waals surface area contributed by atoms with E-state index < -0.39 is 0 Å². The molecule has 0 radical (unpaired) electrons. The number of rotatable bonds is 6. The molecule has 1 fully saturated rings. The van der Waals surface area contributed by atoms with Gasteiger partial charge in [0.25, 0.3) is 0 Å². The number of aromatic nitrogens is 2. The summed E-state index contributed by atoms with van der Waals surface area (Å²) < 4.78 is 12.7. The Labute approximate surface area is 208 Å². The van der Waals surface area contributed by atoms with Crippen LogP contribution in [0, 0.1) is 19.8 Å². The normalized spacial score (nSPS) is 15.3. The lowest BCUT2D eigenvalue weighted by atomic mass is 9.96. The second kappa shape index (κ2) is 10.0. The molecule has 5 rings (SSSR count). The van der Waals surface area contributed by atoms with Gasteiger partial charge in [0.2, 0.25) is 18.6 Å². The number of carbonyl (C=O) groups excluding carboxylic acids is 2. The molecule has 1 N–H and O–H groups in total. The van der Waals surface area contributed by atoms with Crippen LogP contribution in [-0.4, -0.2) is 51.9 Å². The standard InChI is InChI=1S/C26H28N4O4S/c1-17-11-18(2)13-21(12-17)30-10-7-27-26(30)35-15-24(31)29-8-5-19(6-9-29)25(32)28-20-3-4-22-23(14-20)34-16-33-22/h3-4,7,10-14,19H,5-6,8-9,15-16H2,1-2H3,(H,28,32). The van der Waals surface area contributed by atoms with Crippen LogP contribution in [0.3, 0.4) is 0 Å². The number of benzene rings is 2. The topological polar surface area (TPSA) is 85.7 Å². The van der Waals surface area contributed by atoms with Crippen molar-refractivity contribution in [1.82, 2.24) is 14.5 Å². The summed E-state index contributed by atoms with van der Waals surface area (Å²) in [5, 5.41) is 3.76. The Balaban J connectivity index is 1.12. The molecule has 2 aliphatic rings. The van der Waals surface area contributed by atoms with Crippen molar-refractivity contribution in [2.45, 2.75) is 31.8 Å².